The van der Waals surface area contributed by atoms with Crippen molar-refractivity contribution >= 4 is 46.6 Å². The Morgan fingerprint density at radius 2 is 1.68 bits per heavy atom. The Morgan fingerprint density at radius 3 is 2.25 bits per heavy atom. The van der Waals surface area contributed by atoms with Crippen molar-refractivity contribution in [1.29, 1.82) is 0 Å². The van der Waals surface area contributed by atoms with Gasteiger partial charge in [0.05, 0.1) is 12.0 Å². The minimum absolute atomic E-state index is 0.0319. The van der Waals surface area contributed by atoms with E-state index in [1.54, 1.807) is 30.3 Å². The lowest BCUT2D eigenvalue weighted by Crippen LogP contribution is -2.52. The number of carboxylic acid groups (broad SMARTS) is 1. The summed E-state index contributed by atoms with van der Waals surface area (Å²) in [6, 6.07) is 12.8. The predicted octanol–water partition coefficient (Wildman–Crippen LogP) is 8.77. The van der Waals surface area contributed by atoms with Gasteiger partial charge in [0.1, 0.15) is 5.71 Å². The topological polar surface area (TPSA) is 95.8 Å². The molecule has 3 atom stereocenters. The summed E-state index contributed by atoms with van der Waals surface area (Å²) < 4.78 is 0. The first-order chi connectivity index (χ1) is 21.0. The number of hydrogen-bond donors (Lipinski definition) is 2. The van der Waals surface area contributed by atoms with Gasteiger partial charge in [0.2, 0.25) is 0 Å². The van der Waals surface area contributed by atoms with Crippen LogP contribution in [0.15, 0.2) is 47.5 Å². The number of Topliss-reactive ketones (excluding diaryl/α,β-unsaturated/α-hetero) is 1. The monoisotopic (exact) mass is 640 g/mol. The number of ketones is 1. The number of amides is 1. The van der Waals surface area contributed by atoms with Crippen LogP contribution in [0.1, 0.15) is 113 Å². The van der Waals surface area contributed by atoms with Crippen molar-refractivity contribution < 1.29 is 19.5 Å². The maximum atomic E-state index is 14.6. The molecule has 0 bridgehead atoms. The number of carbonyl (C=O) groups is 3. The van der Waals surface area contributed by atoms with Crippen molar-refractivity contribution in [3.63, 3.8) is 0 Å². The van der Waals surface area contributed by atoms with Crippen LogP contribution in [-0.2, 0) is 9.59 Å². The summed E-state index contributed by atoms with van der Waals surface area (Å²) in [7, 11) is 0. The molecule has 1 amide bonds. The molecule has 2 N–H and O–H groups in total. The lowest BCUT2D eigenvalue weighted by molar-refractivity contribution is -0.136. The smallest absolute Gasteiger partial charge is 0.305 e. The Labute approximate surface area is 272 Å². The van der Waals surface area contributed by atoms with Crippen LogP contribution in [0.2, 0.25) is 10.0 Å². The van der Waals surface area contributed by atoms with Gasteiger partial charge in [-0.05, 0) is 91.7 Å². The molecule has 2 aromatic rings. The predicted molar refractivity (Wildman–Crippen MR) is 178 cm³/mol. The van der Waals surface area contributed by atoms with Gasteiger partial charge in [0.25, 0.3) is 5.91 Å². The third kappa shape index (κ3) is 7.92. The highest BCUT2D eigenvalue weighted by Crippen LogP contribution is 2.51. The van der Waals surface area contributed by atoms with Crippen molar-refractivity contribution in [3.05, 3.63) is 69.2 Å². The first-order valence-corrected chi connectivity index (χ1v) is 16.9. The lowest BCUT2D eigenvalue weighted by atomic mass is 9.59. The Morgan fingerprint density at radius 1 is 1.05 bits per heavy atom. The van der Waals surface area contributed by atoms with E-state index in [1.807, 2.05) is 12.1 Å². The van der Waals surface area contributed by atoms with E-state index in [4.69, 9.17) is 33.3 Å². The molecule has 1 spiro atoms. The first kappa shape index (κ1) is 34.2. The number of hydrogen-bond acceptors (Lipinski definition) is 4. The van der Waals surface area contributed by atoms with E-state index in [-0.39, 0.29) is 47.9 Å². The molecule has 1 heterocycles. The van der Waals surface area contributed by atoms with E-state index in [0.717, 1.165) is 56.9 Å². The zero-order valence-corrected chi connectivity index (χ0v) is 27.9. The number of aliphatic imine (C=N–C) groups is 1. The second kappa shape index (κ2) is 15.1. The maximum Gasteiger partial charge on any atom is 0.305 e. The molecule has 1 saturated carbocycles. The van der Waals surface area contributed by atoms with Gasteiger partial charge in [-0.1, -0.05) is 82.3 Å². The summed E-state index contributed by atoms with van der Waals surface area (Å²) in [5.41, 5.74) is 2.31. The average Bonchev–Trinajstić information content (AvgIpc) is 2.98. The zero-order chi connectivity index (χ0) is 32.0. The number of unbranched alkanes of at least 4 members (excludes halogenated alkanes) is 2. The fourth-order valence-electron chi connectivity index (χ4n) is 7.34. The van der Waals surface area contributed by atoms with Crippen molar-refractivity contribution in [2.75, 3.05) is 6.54 Å². The number of nitrogens with zero attached hydrogens (tertiary/aromatic N) is 1. The minimum Gasteiger partial charge on any atom is -0.481 e. The molecule has 1 aliphatic carbocycles. The number of halogens is 2. The Balaban J connectivity index is 1.74. The highest BCUT2D eigenvalue weighted by molar-refractivity contribution is 6.48. The largest absolute Gasteiger partial charge is 0.481 e. The zero-order valence-electron chi connectivity index (χ0n) is 26.4. The SMILES string of the molecule is CCCCCC(c1ccc(C(=O)NCCC(=O)O)cc1)C1C(=O)C(c2cc(Cl)cc(Cl)c2)=NC2(CCC(C(C)C)CC2)C1C. The molecule has 6 nitrogen and oxygen atoms in total. The molecule has 4 rings (SSSR count). The van der Waals surface area contributed by atoms with Crippen LogP contribution < -0.4 is 5.32 Å². The molecule has 238 valence electrons. The molecule has 44 heavy (non-hydrogen) atoms. The Hall–Kier alpha value is -2.70. The van der Waals surface area contributed by atoms with Gasteiger partial charge in [-0.25, -0.2) is 0 Å². The molecule has 1 fully saturated rings. The van der Waals surface area contributed by atoms with Gasteiger partial charge in [0, 0.05) is 33.6 Å². The van der Waals surface area contributed by atoms with Crippen LogP contribution in [0.3, 0.4) is 0 Å². The van der Waals surface area contributed by atoms with Crippen molar-refractivity contribution in [1.82, 2.24) is 5.32 Å². The standard InChI is InChI=1S/C36H46Cl2N2O4/c1-5-6-7-8-30(25-9-11-26(12-10-25)35(44)39-18-15-31(41)42)32-23(4)36(16-13-24(14-17-36)22(2)3)40-33(34(32)43)27-19-28(37)21-29(38)20-27/h9-12,19-24,30,32H,5-8,13-18H2,1-4H3,(H,39,44)(H,41,42). The summed E-state index contributed by atoms with van der Waals surface area (Å²) in [5, 5.41) is 12.5. The van der Waals surface area contributed by atoms with E-state index < -0.39 is 5.97 Å². The normalized spacial score (nSPS) is 24.3. The molecule has 0 aromatic heterocycles. The molecule has 3 unspecified atom stereocenters. The molecular weight excluding hydrogens is 595 g/mol. The third-order valence-electron chi connectivity index (χ3n) is 10.0. The second-order valence-corrected chi connectivity index (χ2v) is 14.0. The summed E-state index contributed by atoms with van der Waals surface area (Å²) in [6.07, 6.45) is 7.91. The quantitative estimate of drug-likeness (QED) is 0.227. The molecule has 8 heteroatoms. The molecule has 0 saturated heterocycles. The van der Waals surface area contributed by atoms with Crippen LogP contribution in [0, 0.1) is 23.7 Å². The number of nitrogens with one attached hydrogen (secondary N) is 1. The summed E-state index contributed by atoms with van der Waals surface area (Å²) in [6.45, 7) is 9.06. The second-order valence-electron chi connectivity index (χ2n) is 13.1. The summed E-state index contributed by atoms with van der Waals surface area (Å²) in [4.78, 5) is 43.5. The van der Waals surface area contributed by atoms with Crippen molar-refractivity contribution in [2.24, 2.45) is 28.7 Å². The van der Waals surface area contributed by atoms with Crippen LogP contribution in [0.25, 0.3) is 0 Å². The number of aliphatic carboxylic acids is 1. The number of rotatable bonds is 12. The van der Waals surface area contributed by atoms with Crippen LogP contribution in [0.5, 0.6) is 0 Å². The summed E-state index contributed by atoms with van der Waals surface area (Å²) in [5.74, 6) is -0.276. The molecule has 0 radical (unpaired) electrons. The molecular formula is C36H46Cl2N2O4. The Kier molecular flexibility index (Phi) is 11.7. The fourth-order valence-corrected chi connectivity index (χ4v) is 7.86. The van der Waals surface area contributed by atoms with Crippen molar-refractivity contribution in [2.45, 2.75) is 96.9 Å². The number of carbonyl (C=O) groups excluding carboxylic acids is 2. The van der Waals surface area contributed by atoms with Crippen LogP contribution >= 0.6 is 23.2 Å². The van der Waals surface area contributed by atoms with E-state index in [2.05, 4.69) is 33.0 Å². The van der Waals surface area contributed by atoms with Gasteiger partial charge < -0.3 is 10.4 Å². The van der Waals surface area contributed by atoms with E-state index in [0.29, 0.717) is 38.7 Å². The minimum atomic E-state index is -0.958. The van der Waals surface area contributed by atoms with Crippen molar-refractivity contribution in [3.8, 4) is 0 Å². The van der Waals surface area contributed by atoms with Gasteiger partial charge in [-0.15, -0.1) is 0 Å². The van der Waals surface area contributed by atoms with Gasteiger partial charge in [-0.3, -0.25) is 19.4 Å². The molecule has 1 aliphatic heterocycles. The van der Waals surface area contributed by atoms with Gasteiger partial charge in [-0.2, -0.15) is 0 Å². The molecule has 2 aromatic carbocycles. The van der Waals surface area contributed by atoms with Gasteiger partial charge in [0.15, 0.2) is 5.78 Å². The van der Waals surface area contributed by atoms with Gasteiger partial charge >= 0.3 is 5.97 Å². The highest BCUT2D eigenvalue weighted by Gasteiger charge is 2.52. The van der Waals surface area contributed by atoms with Crippen LogP contribution in [-0.4, -0.2) is 40.6 Å². The average molecular weight is 642 g/mol. The fraction of sp³-hybridized carbons (Fsp3) is 0.556. The van der Waals surface area contributed by atoms with E-state index >= 15 is 0 Å². The van der Waals surface area contributed by atoms with Crippen LogP contribution in [0.4, 0.5) is 0 Å². The number of carboxylic acids is 1. The lowest BCUT2D eigenvalue weighted by Gasteiger charge is -2.49. The summed E-state index contributed by atoms with van der Waals surface area (Å²) >= 11 is 12.9. The van der Waals surface area contributed by atoms with E-state index in [9.17, 15) is 14.4 Å². The van der Waals surface area contributed by atoms with E-state index in [1.165, 1.54) is 0 Å². The number of benzene rings is 2. The Bertz CT molecular complexity index is 1340. The molecule has 2 aliphatic rings. The third-order valence-corrected chi connectivity index (χ3v) is 10.4. The first-order valence-electron chi connectivity index (χ1n) is 16.2. The highest BCUT2D eigenvalue weighted by atomic mass is 35.5. The maximum absolute atomic E-state index is 14.6.